The molecule has 6 nitrogen and oxygen atoms in total. The minimum absolute atomic E-state index is 0.567. The molecular weight excluding hydrogens is 354 g/mol. The molecule has 2 aromatic carbocycles. The number of halogens is 1. The van der Waals surface area contributed by atoms with Gasteiger partial charge in [0.25, 0.3) is 0 Å². The molecule has 26 heavy (non-hydrogen) atoms. The first kappa shape index (κ1) is 16.7. The largest absolute Gasteiger partial charge is 0.439 e. The summed E-state index contributed by atoms with van der Waals surface area (Å²) in [5, 5.41) is 4.05. The number of benzene rings is 2. The first-order valence-corrected chi connectivity index (χ1v) is 8.45. The second-order valence-corrected chi connectivity index (χ2v) is 6.13. The Morgan fingerprint density at radius 3 is 2.73 bits per heavy atom. The molecule has 2 N–H and O–H groups in total. The van der Waals surface area contributed by atoms with Gasteiger partial charge in [-0.25, -0.2) is 4.98 Å². The molecule has 1 aliphatic heterocycles. The van der Waals surface area contributed by atoms with E-state index >= 15 is 0 Å². The number of pyridine rings is 1. The van der Waals surface area contributed by atoms with E-state index in [-0.39, 0.29) is 0 Å². The lowest BCUT2D eigenvalue weighted by molar-refractivity contribution is 0.0259. The Bertz CT molecular complexity index is 903. The second-order valence-electron chi connectivity index (χ2n) is 5.70. The lowest BCUT2D eigenvalue weighted by atomic mass is 10.2. The minimum atomic E-state index is 0.567. The van der Waals surface area contributed by atoms with Crippen molar-refractivity contribution >= 4 is 11.6 Å². The third-order valence-electron chi connectivity index (χ3n) is 3.83. The first-order valence-electron chi connectivity index (χ1n) is 8.07. The highest BCUT2D eigenvalue weighted by Crippen LogP contribution is 2.30. The van der Waals surface area contributed by atoms with Gasteiger partial charge in [-0.2, -0.15) is 0 Å². The Morgan fingerprint density at radius 2 is 1.85 bits per heavy atom. The van der Waals surface area contributed by atoms with Crippen molar-refractivity contribution in [1.29, 1.82) is 0 Å². The Morgan fingerprint density at radius 1 is 1.00 bits per heavy atom. The number of fused-ring (bicyclic) bond motifs is 1. The smallest absolute Gasteiger partial charge is 0.223 e. The Hall–Kier alpha value is -2.80. The van der Waals surface area contributed by atoms with Crippen molar-refractivity contribution < 1.29 is 14.4 Å². The summed E-state index contributed by atoms with van der Waals surface area (Å²) >= 11 is 5.91. The molecule has 0 saturated heterocycles. The molecule has 0 amide bonds. The van der Waals surface area contributed by atoms with E-state index in [0.717, 1.165) is 11.1 Å². The zero-order chi connectivity index (χ0) is 17.8. The van der Waals surface area contributed by atoms with Gasteiger partial charge < -0.3 is 19.7 Å². The molecular formula is C19H16ClN3O3. The molecule has 0 aliphatic carbocycles. The van der Waals surface area contributed by atoms with Gasteiger partial charge in [-0.05, 0) is 48.0 Å². The fourth-order valence-electron chi connectivity index (χ4n) is 2.54. The van der Waals surface area contributed by atoms with Crippen LogP contribution in [0.1, 0.15) is 11.1 Å². The van der Waals surface area contributed by atoms with Gasteiger partial charge in [0.1, 0.15) is 5.75 Å². The van der Waals surface area contributed by atoms with Crippen LogP contribution in [0.3, 0.4) is 0 Å². The summed E-state index contributed by atoms with van der Waals surface area (Å²) in [6.07, 6.45) is 1.71. The molecule has 2 heterocycles. The van der Waals surface area contributed by atoms with Gasteiger partial charge in [-0.3, -0.25) is 0 Å². The van der Waals surface area contributed by atoms with Crippen LogP contribution in [-0.4, -0.2) is 4.98 Å². The first-order chi connectivity index (χ1) is 12.8. The van der Waals surface area contributed by atoms with Crippen molar-refractivity contribution in [3.8, 4) is 23.1 Å². The fourth-order valence-corrected chi connectivity index (χ4v) is 2.67. The van der Waals surface area contributed by atoms with Crippen molar-refractivity contribution in [3.63, 3.8) is 0 Å². The van der Waals surface area contributed by atoms with Crippen molar-refractivity contribution in [2.24, 2.45) is 0 Å². The van der Waals surface area contributed by atoms with Crippen LogP contribution in [0, 0.1) is 0 Å². The maximum atomic E-state index is 5.91. The number of rotatable bonds is 6. The van der Waals surface area contributed by atoms with Gasteiger partial charge in [0.05, 0.1) is 0 Å². The van der Waals surface area contributed by atoms with Crippen LogP contribution < -0.4 is 25.4 Å². The maximum absolute atomic E-state index is 5.91. The summed E-state index contributed by atoms with van der Waals surface area (Å²) in [5.74, 6) is 2.62. The molecule has 7 heteroatoms. The number of hydrogen-bond acceptors (Lipinski definition) is 6. The van der Waals surface area contributed by atoms with Crippen molar-refractivity contribution in [2.45, 2.75) is 13.1 Å². The summed E-state index contributed by atoms with van der Waals surface area (Å²) in [4.78, 5) is 14.6. The number of nitrogens with one attached hydrogen (secondary N) is 2. The van der Waals surface area contributed by atoms with E-state index in [2.05, 4.69) is 15.9 Å². The molecule has 4 rings (SSSR count). The molecule has 0 bridgehead atoms. The third kappa shape index (κ3) is 3.88. The van der Waals surface area contributed by atoms with Crippen LogP contribution in [0.4, 0.5) is 0 Å². The Balaban J connectivity index is 1.39. The summed E-state index contributed by atoms with van der Waals surface area (Å²) in [5.41, 5.74) is 4.42. The van der Waals surface area contributed by atoms with E-state index in [1.807, 2.05) is 42.5 Å². The second kappa shape index (κ2) is 7.61. The quantitative estimate of drug-likeness (QED) is 0.684. The summed E-state index contributed by atoms with van der Waals surface area (Å²) < 4.78 is 5.87. The molecule has 0 saturated carbocycles. The SMILES string of the molecule is Clc1ccc(Oc2ncccc2CNCc2ccc3c(c2)ONO3)cc1. The maximum Gasteiger partial charge on any atom is 0.223 e. The molecule has 0 fully saturated rings. The lowest BCUT2D eigenvalue weighted by Crippen LogP contribution is -2.14. The van der Waals surface area contributed by atoms with E-state index in [1.54, 1.807) is 18.3 Å². The van der Waals surface area contributed by atoms with E-state index in [9.17, 15) is 0 Å². The van der Waals surface area contributed by atoms with Crippen molar-refractivity contribution in [3.05, 3.63) is 76.9 Å². The Kier molecular flexibility index (Phi) is 4.88. The molecule has 1 aromatic heterocycles. The van der Waals surface area contributed by atoms with E-state index < -0.39 is 0 Å². The standard InChI is InChI=1S/C19H16ClN3O3/c20-15-4-6-16(7-5-15)24-19-14(2-1-9-22-19)12-21-11-13-3-8-17-18(10-13)26-23-25-17/h1-10,21,23H,11-12H2. The van der Waals surface area contributed by atoms with Crippen molar-refractivity contribution in [2.75, 3.05) is 0 Å². The van der Waals surface area contributed by atoms with Gasteiger partial charge in [0.15, 0.2) is 11.5 Å². The van der Waals surface area contributed by atoms with Crippen LogP contribution in [0.25, 0.3) is 0 Å². The minimum Gasteiger partial charge on any atom is -0.439 e. The van der Waals surface area contributed by atoms with Gasteiger partial charge in [-0.15, -0.1) is 0 Å². The Labute approximate surface area is 155 Å². The third-order valence-corrected chi connectivity index (χ3v) is 4.09. The highest BCUT2D eigenvalue weighted by Gasteiger charge is 2.14. The van der Waals surface area contributed by atoms with Crippen molar-refractivity contribution in [1.82, 2.24) is 15.9 Å². The van der Waals surface area contributed by atoms with Crippen LogP contribution in [0.5, 0.6) is 23.1 Å². The highest BCUT2D eigenvalue weighted by molar-refractivity contribution is 6.30. The zero-order valence-electron chi connectivity index (χ0n) is 13.7. The molecule has 1 aliphatic rings. The lowest BCUT2D eigenvalue weighted by Gasteiger charge is -2.11. The monoisotopic (exact) mass is 369 g/mol. The number of nitrogens with zero attached hydrogens (tertiary/aromatic N) is 1. The zero-order valence-corrected chi connectivity index (χ0v) is 14.5. The predicted molar refractivity (Wildman–Crippen MR) is 97.1 cm³/mol. The average Bonchev–Trinajstić information content (AvgIpc) is 3.13. The summed E-state index contributed by atoms with van der Waals surface area (Å²) in [6, 6.07) is 16.8. The molecule has 0 spiro atoms. The number of ether oxygens (including phenoxy) is 1. The molecule has 132 valence electrons. The number of aromatic nitrogens is 1. The topological polar surface area (TPSA) is 64.6 Å². The van der Waals surface area contributed by atoms with Gasteiger partial charge in [-0.1, -0.05) is 23.7 Å². The van der Waals surface area contributed by atoms with Crippen LogP contribution in [-0.2, 0) is 13.1 Å². The van der Waals surface area contributed by atoms with Gasteiger partial charge in [0.2, 0.25) is 5.88 Å². The molecule has 0 atom stereocenters. The summed E-state index contributed by atoms with van der Waals surface area (Å²) in [6.45, 7) is 1.29. The molecule has 3 aromatic rings. The van der Waals surface area contributed by atoms with E-state index in [1.165, 1.54) is 0 Å². The van der Waals surface area contributed by atoms with Crippen LogP contribution in [0.15, 0.2) is 60.8 Å². The van der Waals surface area contributed by atoms with Crippen LogP contribution >= 0.6 is 11.6 Å². The predicted octanol–water partition coefficient (Wildman–Crippen LogP) is 4.01. The van der Waals surface area contributed by atoms with Gasteiger partial charge in [0, 0.05) is 35.5 Å². The molecule has 0 radical (unpaired) electrons. The van der Waals surface area contributed by atoms with E-state index in [4.69, 9.17) is 26.0 Å². The number of hydrogen-bond donors (Lipinski definition) is 2. The average molecular weight is 370 g/mol. The molecule has 0 unspecified atom stereocenters. The highest BCUT2D eigenvalue weighted by atomic mass is 35.5. The fraction of sp³-hybridized carbons (Fsp3) is 0.105. The van der Waals surface area contributed by atoms with E-state index in [0.29, 0.717) is 41.2 Å². The normalized spacial score (nSPS) is 12.2. The van der Waals surface area contributed by atoms with Gasteiger partial charge >= 0.3 is 0 Å². The summed E-state index contributed by atoms with van der Waals surface area (Å²) in [7, 11) is 0. The van der Waals surface area contributed by atoms with Crippen LogP contribution in [0.2, 0.25) is 5.02 Å².